The van der Waals surface area contributed by atoms with Gasteiger partial charge in [-0.15, -0.1) is 0 Å². The summed E-state index contributed by atoms with van der Waals surface area (Å²) in [6.07, 6.45) is 4.37. The summed E-state index contributed by atoms with van der Waals surface area (Å²) in [5.74, 6) is -0.314. The van der Waals surface area contributed by atoms with Crippen molar-refractivity contribution in [3.05, 3.63) is 12.4 Å². The van der Waals surface area contributed by atoms with Crippen LogP contribution in [0.2, 0.25) is 0 Å². The Morgan fingerprint density at radius 1 is 1.48 bits per heavy atom. The van der Waals surface area contributed by atoms with Crippen LogP contribution < -0.4 is 5.32 Å². The van der Waals surface area contributed by atoms with Gasteiger partial charge in [0.1, 0.15) is 5.60 Å². The van der Waals surface area contributed by atoms with Gasteiger partial charge >= 0.3 is 6.09 Å². The Morgan fingerprint density at radius 2 is 2.24 bits per heavy atom. The lowest BCUT2D eigenvalue weighted by atomic mass is 9.97. The van der Waals surface area contributed by atoms with Crippen molar-refractivity contribution in [2.75, 3.05) is 18.4 Å². The van der Waals surface area contributed by atoms with Gasteiger partial charge in [0.05, 0.1) is 17.8 Å². The van der Waals surface area contributed by atoms with Crippen molar-refractivity contribution in [3.63, 3.8) is 0 Å². The minimum atomic E-state index is -0.525. The Kier molecular flexibility index (Phi) is 4.50. The second kappa shape index (κ2) is 6.15. The van der Waals surface area contributed by atoms with E-state index in [4.69, 9.17) is 4.74 Å². The van der Waals surface area contributed by atoms with Crippen LogP contribution in [0.4, 0.5) is 10.5 Å². The molecule has 1 aromatic heterocycles. The summed E-state index contributed by atoms with van der Waals surface area (Å²) in [6.45, 7) is 6.51. The first kappa shape index (κ1) is 15.3. The van der Waals surface area contributed by atoms with E-state index in [0.29, 0.717) is 18.8 Å². The Morgan fingerprint density at radius 3 is 2.86 bits per heavy atom. The third kappa shape index (κ3) is 4.47. The van der Waals surface area contributed by atoms with E-state index in [1.807, 2.05) is 20.8 Å². The van der Waals surface area contributed by atoms with E-state index < -0.39 is 5.60 Å². The molecule has 1 saturated heterocycles. The Hall–Kier alpha value is -2.05. The molecule has 7 heteroatoms. The van der Waals surface area contributed by atoms with Crippen molar-refractivity contribution < 1.29 is 14.3 Å². The SMILES string of the molecule is CC(C)(C)OC(=O)N1CCC[C@H](C(=O)Nc2cn[nH]c2)C1. The lowest BCUT2D eigenvalue weighted by molar-refractivity contribution is -0.121. The number of likely N-dealkylation sites (tertiary alicyclic amines) is 1. The number of aromatic nitrogens is 2. The maximum atomic E-state index is 12.2. The fourth-order valence-electron chi connectivity index (χ4n) is 2.25. The molecular weight excluding hydrogens is 272 g/mol. The van der Waals surface area contributed by atoms with E-state index in [0.717, 1.165) is 12.8 Å². The summed E-state index contributed by atoms with van der Waals surface area (Å²) < 4.78 is 5.35. The minimum Gasteiger partial charge on any atom is -0.444 e. The van der Waals surface area contributed by atoms with Crippen molar-refractivity contribution in [2.45, 2.75) is 39.2 Å². The maximum absolute atomic E-state index is 12.2. The molecule has 21 heavy (non-hydrogen) atoms. The number of H-pyrrole nitrogens is 1. The molecule has 0 aliphatic carbocycles. The van der Waals surface area contributed by atoms with Gasteiger partial charge in [0.25, 0.3) is 0 Å². The average molecular weight is 294 g/mol. The van der Waals surface area contributed by atoms with Gasteiger partial charge in [0.15, 0.2) is 0 Å². The van der Waals surface area contributed by atoms with E-state index >= 15 is 0 Å². The highest BCUT2D eigenvalue weighted by atomic mass is 16.6. The van der Waals surface area contributed by atoms with Crippen molar-refractivity contribution in [1.82, 2.24) is 15.1 Å². The summed E-state index contributed by atoms with van der Waals surface area (Å²) in [7, 11) is 0. The number of nitrogens with one attached hydrogen (secondary N) is 2. The number of hydrogen-bond donors (Lipinski definition) is 2. The fraction of sp³-hybridized carbons (Fsp3) is 0.643. The monoisotopic (exact) mass is 294 g/mol. The van der Waals surface area contributed by atoms with Crippen LogP contribution in [0, 0.1) is 5.92 Å². The molecule has 2 amide bonds. The van der Waals surface area contributed by atoms with E-state index in [1.54, 1.807) is 17.3 Å². The number of rotatable bonds is 2. The second-order valence-electron chi connectivity index (χ2n) is 6.24. The Balaban J connectivity index is 1.91. The summed E-state index contributed by atoms with van der Waals surface area (Å²) >= 11 is 0. The number of anilines is 1. The first-order chi connectivity index (χ1) is 9.85. The normalized spacial score (nSPS) is 19.2. The maximum Gasteiger partial charge on any atom is 0.410 e. The van der Waals surface area contributed by atoms with Crippen LogP contribution in [-0.4, -0.2) is 45.8 Å². The van der Waals surface area contributed by atoms with Gasteiger partial charge < -0.3 is 15.0 Å². The lowest BCUT2D eigenvalue weighted by Crippen LogP contribution is -2.45. The average Bonchev–Trinajstić information content (AvgIpc) is 2.90. The van der Waals surface area contributed by atoms with E-state index in [9.17, 15) is 9.59 Å². The predicted molar refractivity (Wildman–Crippen MR) is 77.7 cm³/mol. The van der Waals surface area contributed by atoms with Crippen LogP contribution in [0.1, 0.15) is 33.6 Å². The van der Waals surface area contributed by atoms with Crippen LogP contribution >= 0.6 is 0 Å². The zero-order valence-electron chi connectivity index (χ0n) is 12.7. The number of aromatic amines is 1. The van der Waals surface area contributed by atoms with Crippen LogP contribution in [0.25, 0.3) is 0 Å². The second-order valence-corrected chi connectivity index (χ2v) is 6.24. The summed E-state index contributed by atoms with van der Waals surface area (Å²) in [5, 5.41) is 9.21. The van der Waals surface area contributed by atoms with Gasteiger partial charge in [-0.3, -0.25) is 9.89 Å². The zero-order chi connectivity index (χ0) is 15.5. The minimum absolute atomic E-state index is 0.0929. The molecule has 116 valence electrons. The number of carbonyl (C=O) groups excluding carboxylic acids is 2. The molecule has 7 nitrogen and oxygen atoms in total. The molecule has 0 aromatic carbocycles. The molecule has 2 heterocycles. The number of piperidine rings is 1. The molecule has 2 rings (SSSR count). The summed E-state index contributed by atoms with van der Waals surface area (Å²) in [4.78, 5) is 25.8. The van der Waals surface area contributed by atoms with Gasteiger partial charge in [-0.05, 0) is 33.6 Å². The number of amides is 2. The predicted octanol–water partition coefficient (Wildman–Crippen LogP) is 2.00. The standard InChI is InChI=1S/C14H22N4O3/c1-14(2,3)21-13(20)18-6-4-5-10(9-18)12(19)17-11-7-15-16-8-11/h7-8,10H,4-6,9H2,1-3H3,(H,15,16)(H,17,19)/t10-/m0/s1. The van der Waals surface area contributed by atoms with Crippen LogP contribution in [0.15, 0.2) is 12.4 Å². The lowest BCUT2D eigenvalue weighted by Gasteiger charge is -2.33. The Bertz CT molecular complexity index is 493. The zero-order valence-corrected chi connectivity index (χ0v) is 12.7. The molecule has 1 aliphatic rings. The van der Waals surface area contributed by atoms with Crippen molar-refractivity contribution in [1.29, 1.82) is 0 Å². The van der Waals surface area contributed by atoms with E-state index in [2.05, 4.69) is 15.5 Å². The number of carbonyl (C=O) groups is 2. The van der Waals surface area contributed by atoms with Gasteiger partial charge in [0, 0.05) is 19.3 Å². The van der Waals surface area contributed by atoms with Crippen LogP contribution in [-0.2, 0) is 9.53 Å². The fourth-order valence-corrected chi connectivity index (χ4v) is 2.25. The summed E-state index contributed by atoms with van der Waals surface area (Å²) in [5.41, 5.74) is 0.109. The van der Waals surface area contributed by atoms with Gasteiger partial charge in [-0.2, -0.15) is 5.10 Å². The molecule has 0 bridgehead atoms. The summed E-state index contributed by atoms with van der Waals surface area (Å²) in [6, 6.07) is 0. The van der Waals surface area contributed by atoms with Gasteiger partial charge in [-0.25, -0.2) is 4.79 Å². The number of ether oxygens (including phenoxy) is 1. The largest absolute Gasteiger partial charge is 0.444 e. The van der Waals surface area contributed by atoms with Crippen molar-refractivity contribution in [3.8, 4) is 0 Å². The molecule has 0 unspecified atom stereocenters. The van der Waals surface area contributed by atoms with Crippen molar-refractivity contribution >= 4 is 17.7 Å². The number of nitrogens with zero attached hydrogens (tertiary/aromatic N) is 2. The topological polar surface area (TPSA) is 87.3 Å². The molecule has 1 aliphatic heterocycles. The van der Waals surface area contributed by atoms with E-state index in [1.165, 1.54) is 0 Å². The number of hydrogen-bond acceptors (Lipinski definition) is 4. The highest BCUT2D eigenvalue weighted by Gasteiger charge is 2.31. The molecular formula is C14H22N4O3. The van der Waals surface area contributed by atoms with Crippen LogP contribution in [0.3, 0.4) is 0 Å². The highest BCUT2D eigenvalue weighted by molar-refractivity contribution is 5.92. The molecule has 1 aromatic rings. The molecule has 1 atom stereocenters. The molecule has 0 saturated carbocycles. The van der Waals surface area contributed by atoms with E-state index in [-0.39, 0.29) is 17.9 Å². The molecule has 0 radical (unpaired) electrons. The quantitative estimate of drug-likeness (QED) is 0.873. The van der Waals surface area contributed by atoms with Crippen molar-refractivity contribution in [2.24, 2.45) is 5.92 Å². The van der Waals surface area contributed by atoms with Gasteiger partial charge in [-0.1, -0.05) is 0 Å². The third-order valence-electron chi connectivity index (χ3n) is 3.21. The molecule has 1 fully saturated rings. The first-order valence-corrected chi connectivity index (χ1v) is 7.13. The Labute approximate surface area is 124 Å². The molecule has 0 spiro atoms. The molecule has 2 N–H and O–H groups in total. The smallest absolute Gasteiger partial charge is 0.410 e. The highest BCUT2D eigenvalue weighted by Crippen LogP contribution is 2.20. The first-order valence-electron chi connectivity index (χ1n) is 7.13. The van der Waals surface area contributed by atoms with Crippen LogP contribution in [0.5, 0.6) is 0 Å². The van der Waals surface area contributed by atoms with Gasteiger partial charge in [0.2, 0.25) is 5.91 Å². The third-order valence-corrected chi connectivity index (χ3v) is 3.21.